The van der Waals surface area contributed by atoms with Gasteiger partial charge in [-0.3, -0.25) is 18.6 Å². The Morgan fingerprint density at radius 2 is 2.08 bits per heavy atom. The summed E-state index contributed by atoms with van der Waals surface area (Å²) < 4.78 is 14.7. The number of aryl methyl sites for hydroxylation is 2. The van der Waals surface area contributed by atoms with Crippen LogP contribution < -0.4 is 15.4 Å². The van der Waals surface area contributed by atoms with Gasteiger partial charge in [0, 0.05) is 43.7 Å². The molecule has 0 fully saturated rings. The first kappa shape index (κ1) is 29.8. The predicted molar refractivity (Wildman–Crippen MR) is 164 cm³/mol. The van der Waals surface area contributed by atoms with Gasteiger partial charge in [-0.1, -0.05) is 19.9 Å². The third-order valence-corrected chi connectivity index (χ3v) is 8.87. The van der Waals surface area contributed by atoms with E-state index < -0.39 is 0 Å². The summed E-state index contributed by atoms with van der Waals surface area (Å²) in [6.45, 7) is 12.3. The third-order valence-electron chi connectivity index (χ3n) is 6.48. The Balaban J connectivity index is 1.80. The lowest BCUT2D eigenvalue weighted by atomic mass is 10.1. The summed E-state index contributed by atoms with van der Waals surface area (Å²) in [5.74, 6) is 0.653. The highest BCUT2D eigenvalue weighted by molar-refractivity contribution is 7.99. The zero-order chi connectivity index (χ0) is 28.7. The Hall–Kier alpha value is -3.19. The molecule has 10 nitrogen and oxygen atoms in total. The maximum Gasteiger partial charge on any atom is 0.207 e. The fourth-order valence-corrected chi connectivity index (χ4v) is 5.79. The molecular weight excluding hydrogens is 544 g/mol. The lowest BCUT2D eigenvalue weighted by Gasteiger charge is -2.24. The van der Waals surface area contributed by atoms with Gasteiger partial charge in [0.25, 0.3) is 0 Å². The summed E-state index contributed by atoms with van der Waals surface area (Å²) in [6, 6.07) is 2.13. The monoisotopic (exact) mass is 582 g/mol. The van der Waals surface area contributed by atoms with Crippen LogP contribution in [0.5, 0.6) is 0 Å². The van der Waals surface area contributed by atoms with E-state index in [9.17, 15) is 4.79 Å². The molecule has 3 N–H and O–H groups in total. The Labute approximate surface area is 243 Å². The number of anilines is 2. The molecule has 0 aliphatic heterocycles. The Morgan fingerprint density at radius 1 is 1.25 bits per heavy atom. The summed E-state index contributed by atoms with van der Waals surface area (Å²) in [5.41, 5.74) is 5.21. The molecule has 0 aromatic carbocycles. The van der Waals surface area contributed by atoms with E-state index in [2.05, 4.69) is 71.6 Å². The second-order valence-corrected chi connectivity index (χ2v) is 12.2. The molecule has 0 aliphatic rings. The normalized spacial score (nSPS) is 12.3. The first-order chi connectivity index (χ1) is 19.2. The van der Waals surface area contributed by atoms with Crippen LogP contribution in [0.3, 0.4) is 0 Å². The molecule has 0 saturated carbocycles. The van der Waals surface area contributed by atoms with Crippen molar-refractivity contribution in [2.75, 3.05) is 25.0 Å². The smallest absolute Gasteiger partial charge is 0.207 e. The minimum atomic E-state index is -0.281. The van der Waals surface area contributed by atoms with Crippen molar-refractivity contribution in [1.82, 2.24) is 34.2 Å². The van der Waals surface area contributed by atoms with Crippen LogP contribution in [0.2, 0.25) is 0 Å². The predicted octanol–water partition coefficient (Wildman–Crippen LogP) is 5.58. The summed E-state index contributed by atoms with van der Waals surface area (Å²) >= 11 is 3.32. The second kappa shape index (κ2) is 13.4. The maximum absolute atomic E-state index is 10.8. The van der Waals surface area contributed by atoms with Crippen LogP contribution >= 0.6 is 23.3 Å². The second-order valence-electron chi connectivity index (χ2n) is 10.0. The van der Waals surface area contributed by atoms with Gasteiger partial charge in [0.05, 0.1) is 45.2 Å². The molecule has 0 atom stereocenters. The number of carbonyl (C=O) groups excluding carboxylic acids is 1. The first-order valence-electron chi connectivity index (χ1n) is 13.4. The third kappa shape index (κ3) is 7.30. The molecule has 0 saturated heterocycles. The number of ether oxygens (including phenoxy) is 1. The van der Waals surface area contributed by atoms with Crippen molar-refractivity contribution in [2.24, 2.45) is 7.05 Å². The number of carbonyl (C=O) groups is 1. The van der Waals surface area contributed by atoms with E-state index in [4.69, 9.17) is 14.7 Å². The van der Waals surface area contributed by atoms with Gasteiger partial charge in [0.15, 0.2) is 11.5 Å². The number of hydrogen-bond donors (Lipinski definition) is 3. The van der Waals surface area contributed by atoms with Gasteiger partial charge in [0.1, 0.15) is 0 Å². The van der Waals surface area contributed by atoms with E-state index in [-0.39, 0.29) is 5.60 Å². The van der Waals surface area contributed by atoms with E-state index in [1.165, 1.54) is 9.77 Å². The minimum Gasteiger partial charge on any atom is -0.371 e. The average Bonchev–Trinajstić information content (AvgIpc) is 3.65. The standard InChI is InChI=1S/C28H38N8O2S2/c1-7-28(4,5)38-17-20(10-9-11-29-18-37)22-16-36-23(21-13-31-35(6)15-21)14-30-26(36)25(33-22)34-24-12-19(3)27(39-24)40-32-8-2/h10,12-16,18,32H,7-9,11,17H2,1-6H3,(H,29,37)(H,33,34)/b20-10+. The molecule has 4 aromatic heterocycles. The molecule has 0 bridgehead atoms. The van der Waals surface area contributed by atoms with Crippen molar-refractivity contribution in [3.05, 3.63) is 48.2 Å². The molecular formula is C28H38N8O2S2. The molecule has 0 unspecified atom stereocenters. The zero-order valence-corrected chi connectivity index (χ0v) is 25.6. The lowest BCUT2D eigenvalue weighted by molar-refractivity contribution is -0.109. The van der Waals surface area contributed by atoms with E-state index in [0.717, 1.165) is 40.5 Å². The highest BCUT2D eigenvalue weighted by Gasteiger charge is 2.20. The van der Waals surface area contributed by atoms with Gasteiger partial charge in [0.2, 0.25) is 6.41 Å². The fourth-order valence-electron chi connectivity index (χ4n) is 3.88. The fraction of sp³-hybridized carbons (Fsp3) is 0.429. The van der Waals surface area contributed by atoms with Crippen LogP contribution in [-0.2, 0) is 16.6 Å². The van der Waals surface area contributed by atoms with Gasteiger partial charge in [-0.25, -0.2) is 9.97 Å². The van der Waals surface area contributed by atoms with Crippen molar-refractivity contribution < 1.29 is 9.53 Å². The van der Waals surface area contributed by atoms with Crippen LogP contribution in [0.4, 0.5) is 10.8 Å². The Bertz CT molecular complexity index is 1470. The molecule has 4 aromatic rings. The number of rotatable bonds is 15. The topological polar surface area (TPSA) is 110 Å². The van der Waals surface area contributed by atoms with Crippen LogP contribution in [0.15, 0.2) is 41.1 Å². The van der Waals surface area contributed by atoms with Crippen molar-refractivity contribution in [1.29, 1.82) is 0 Å². The quantitative estimate of drug-likeness (QED) is 0.0946. The number of fused-ring (bicyclic) bond motifs is 1. The van der Waals surface area contributed by atoms with E-state index in [1.807, 2.05) is 31.8 Å². The van der Waals surface area contributed by atoms with Crippen molar-refractivity contribution >= 4 is 51.7 Å². The minimum absolute atomic E-state index is 0.281. The van der Waals surface area contributed by atoms with Crippen molar-refractivity contribution in [3.63, 3.8) is 0 Å². The molecule has 40 heavy (non-hydrogen) atoms. The maximum atomic E-state index is 10.8. The van der Waals surface area contributed by atoms with Crippen LogP contribution in [0.1, 0.15) is 51.8 Å². The molecule has 0 radical (unpaired) electrons. The lowest BCUT2D eigenvalue weighted by Crippen LogP contribution is -2.24. The van der Waals surface area contributed by atoms with Crippen molar-refractivity contribution in [2.45, 2.75) is 57.3 Å². The largest absolute Gasteiger partial charge is 0.371 e. The number of nitrogens with zero attached hydrogens (tertiary/aromatic N) is 5. The molecule has 1 amide bonds. The van der Waals surface area contributed by atoms with Crippen LogP contribution in [0.25, 0.3) is 22.5 Å². The van der Waals surface area contributed by atoms with Crippen LogP contribution in [-0.4, -0.2) is 55.9 Å². The molecule has 4 rings (SSSR count). The highest BCUT2D eigenvalue weighted by Crippen LogP contribution is 2.36. The SMILES string of the molecule is CCNSc1sc(Nc2nc(/C(=C/CCNC=O)COC(C)(C)CC)cn3c(-c4cnn(C)c4)cnc23)cc1C. The number of aromatic nitrogens is 5. The molecule has 4 heterocycles. The summed E-state index contributed by atoms with van der Waals surface area (Å²) in [4.78, 5) is 20.6. The van der Waals surface area contributed by atoms with E-state index in [1.54, 1.807) is 28.0 Å². The highest BCUT2D eigenvalue weighted by atomic mass is 32.2. The molecule has 12 heteroatoms. The molecule has 214 valence electrons. The average molecular weight is 583 g/mol. The van der Waals surface area contributed by atoms with Crippen molar-refractivity contribution in [3.8, 4) is 11.3 Å². The number of hydrogen-bond acceptors (Lipinski definition) is 9. The zero-order valence-electron chi connectivity index (χ0n) is 23.9. The summed E-state index contributed by atoms with van der Waals surface area (Å²) in [7, 11) is 1.90. The Morgan fingerprint density at radius 3 is 2.77 bits per heavy atom. The Kier molecular flexibility index (Phi) is 10.0. The van der Waals surface area contributed by atoms with Gasteiger partial charge in [-0.05, 0) is 57.2 Å². The van der Waals surface area contributed by atoms with Gasteiger partial charge >= 0.3 is 0 Å². The first-order valence-corrected chi connectivity index (χ1v) is 15.0. The van der Waals surface area contributed by atoms with Gasteiger partial charge in [-0.15, -0.1) is 11.3 Å². The van der Waals surface area contributed by atoms with E-state index >= 15 is 0 Å². The van der Waals surface area contributed by atoms with Gasteiger partial charge in [-0.2, -0.15) is 5.10 Å². The van der Waals surface area contributed by atoms with Crippen LogP contribution in [0, 0.1) is 6.92 Å². The number of thiophene rings is 1. The van der Waals surface area contributed by atoms with E-state index in [0.29, 0.717) is 37.4 Å². The molecule has 0 spiro atoms. The summed E-state index contributed by atoms with van der Waals surface area (Å²) in [6.07, 6.45) is 12.0. The number of nitrogens with one attached hydrogen (secondary N) is 3. The summed E-state index contributed by atoms with van der Waals surface area (Å²) in [5, 5.41) is 11.6. The number of imidazole rings is 1. The molecule has 0 aliphatic carbocycles. The van der Waals surface area contributed by atoms with Gasteiger partial charge < -0.3 is 15.4 Å². The number of amides is 1.